The third-order valence-corrected chi connectivity index (χ3v) is 6.85. The molecule has 0 aromatic heterocycles. The van der Waals surface area contributed by atoms with Crippen LogP contribution in [0.2, 0.25) is 0 Å². The number of carbonyl (C=O) groups excluding carboxylic acids is 2. The molecule has 2 aromatic rings. The molecule has 0 bridgehead atoms. The van der Waals surface area contributed by atoms with E-state index in [-0.39, 0.29) is 23.7 Å². The van der Waals surface area contributed by atoms with Crippen molar-refractivity contribution in [3.63, 3.8) is 0 Å². The maximum Gasteiger partial charge on any atom is 0.411 e. The van der Waals surface area contributed by atoms with Crippen molar-refractivity contribution in [1.29, 1.82) is 0 Å². The number of hydrogen-bond acceptors (Lipinski definition) is 6. The summed E-state index contributed by atoms with van der Waals surface area (Å²) in [5, 5.41) is 5.28. The van der Waals surface area contributed by atoms with Crippen LogP contribution in [0.15, 0.2) is 47.4 Å². The number of carbonyl (C=O) groups is 2. The summed E-state index contributed by atoms with van der Waals surface area (Å²) in [5.74, 6) is -0.471. The average Bonchev–Trinajstić information content (AvgIpc) is 2.75. The fraction of sp³-hybridized carbons (Fsp3) is 0.364. The minimum Gasteiger partial charge on any atom is -0.447 e. The quantitative estimate of drug-likeness (QED) is 0.522. The molecule has 2 rings (SSSR count). The Hall–Kier alpha value is -2.95. The Morgan fingerprint density at radius 3 is 2.25 bits per heavy atom. The van der Waals surface area contributed by atoms with Crippen molar-refractivity contribution in [2.45, 2.75) is 25.7 Å². The summed E-state index contributed by atoms with van der Waals surface area (Å²) in [7, 11) is -2.20. The van der Waals surface area contributed by atoms with E-state index in [9.17, 15) is 18.0 Å². The number of rotatable bonds is 10. The van der Waals surface area contributed by atoms with Crippen molar-refractivity contribution >= 4 is 33.4 Å². The topological polar surface area (TPSA) is 114 Å². The van der Waals surface area contributed by atoms with Crippen molar-refractivity contribution in [3.8, 4) is 0 Å². The number of ether oxygens (including phenoxy) is 2. The summed E-state index contributed by atoms with van der Waals surface area (Å²) >= 11 is 0. The second-order valence-corrected chi connectivity index (χ2v) is 8.76. The molecule has 0 radical (unpaired) electrons. The minimum absolute atomic E-state index is 0.100. The van der Waals surface area contributed by atoms with Crippen molar-refractivity contribution in [1.82, 2.24) is 4.31 Å². The molecule has 0 saturated heterocycles. The van der Waals surface area contributed by atoms with Crippen LogP contribution in [0.4, 0.5) is 16.2 Å². The van der Waals surface area contributed by atoms with Gasteiger partial charge in [0.15, 0.2) is 0 Å². The fourth-order valence-corrected chi connectivity index (χ4v) is 4.68. The lowest BCUT2D eigenvalue weighted by molar-refractivity contribution is 0.102. The molecule has 0 fully saturated rings. The van der Waals surface area contributed by atoms with Gasteiger partial charge in [0.2, 0.25) is 10.0 Å². The molecule has 10 heteroatoms. The Balaban J connectivity index is 2.17. The number of amides is 2. The van der Waals surface area contributed by atoms with Crippen molar-refractivity contribution in [2.75, 3.05) is 44.0 Å². The molecule has 0 aliphatic carbocycles. The first-order valence-electron chi connectivity index (χ1n) is 10.2. The van der Waals surface area contributed by atoms with E-state index in [0.717, 1.165) is 0 Å². The summed E-state index contributed by atoms with van der Waals surface area (Å²) in [6.45, 7) is 6.29. The normalized spacial score (nSPS) is 11.3. The van der Waals surface area contributed by atoms with Crippen molar-refractivity contribution in [2.24, 2.45) is 0 Å². The number of methoxy groups -OCH3 is 1. The van der Waals surface area contributed by atoms with Crippen molar-refractivity contribution in [3.05, 3.63) is 53.6 Å². The molecule has 0 atom stereocenters. The van der Waals surface area contributed by atoms with Gasteiger partial charge in [0, 0.05) is 37.1 Å². The highest BCUT2D eigenvalue weighted by Crippen LogP contribution is 2.22. The van der Waals surface area contributed by atoms with Gasteiger partial charge in [0.05, 0.1) is 11.5 Å². The molecule has 32 heavy (non-hydrogen) atoms. The standard InChI is InChI=1S/C22H29N3O6S/c1-5-25(6-2)32(28,29)20-14-17(11-10-16(20)3)21(26)23-18-8-7-9-19(15-18)24-22(27)31-13-12-30-4/h7-11,14-15H,5-6,12-13H2,1-4H3,(H,23,26)(H,24,27). The van der Waals surface area contributed by atoms with E-state index < -0.39 is 22.0 Å². The van der Waals surface area contributed by atoms with Gasteiger partial charge in [0.1, 0.15) is 6.61 Å². The van der Waals surface area contributed by atoms with Crippen LogP contribution >= 0.6 is 0 Å². The Labute approximate surface area is 188 Å². The van der Waals surface area contributed by atoms with Gasteiger partial charge in [-0.15, -0.1) is 0 Å². The molecule has 174 valence electrons. The van der Waals surface area contributed by atoms with E-state index in [2.05, 4.69) is 10.6 Å². The first-order valence-corrected chi connectivity index (χ1v) is 11.6. The second kappa shape index (κ2) is 11.6. The van der Waals surface area contributed by atoms with Crippen LogP contribution in [0.3, 0.4) is 0 Å². The van der Waals surface area contributed by atoms with Crippen LogP contribution in [-0.4, -0.2) is 58.1 Å². The molecule has 2 amide bonds. The highest BCUT2D eigenvalue weighted by molar-refractivity contribution is 7.89. The number of nitrogens with zero attached hydrogens (tertiary/aromatic N) is 1. The molecule has 0 heterocycles. The van der Waals surface area contributed by atoms with Gasteiger partial charge >= 0.3 is 6.09 Å². The maximum absolute atomic E-state index is 12.9. The highest BCUT2D eigenvalue weighted by Gasteiger charge is 2.24. The lowest BCUT2D eigenvalue weighted by Crippen LogP contribution is -2.31. The van der Waals surface area contributed by atoms with E-state index in [4.69, 9.17) is 9.47 Å². The molecule has 0 unspecified atom stereocenters. The molecule has 2 aromatic carbocycles. The Bertz CT molecular complexity index is 1050. The summed E-state index contributed by atoms with van der Waals surface area (Å²) in [6, 6.07) is 11.1. The number of sulfonamides is 1. The molecular formula is C22H29N3O6S. The molecule has 2 N–H and O–H groups in total. The molecule has 0 saturated carbocycles. The van der Waals surface area contributed by atoms with Crippen LogP contribution in [0, 0.1) is 6.92 Å². The molecule has 0 aliphatic heterocycles. The fourth-order valence-electron chi connectivity index (χ4n) is 2.97. The van der Waals surface area contributed by atoms with Crippen LogP contribution in [0.25, 0.3) is 0 Å². The first kappa shape index (κ1) is 25.3. The number of aryl methyl sites for hydroxylation is 1. The summed E-state index contributed by atoms with van der Waals surface area (Å²) < 4.78 is 37.0. The monoisotopic (exact) mass is 463 g/mol. The van der Waals surface area contributed by atoms with Crippen LogP contribution < -0.4 is 10.6 Å². The van der Waals surface area contributed by atoms with Crippen LogP contribution in [0.5, 0.6) is 0 Å². The van der Waals surface area contributed by atoms with Gasteiger partial charge in [-0.1, -0.05) is 26.0 Å². The zero-order valence-electron chi connectivity index (χ0n) is 18.7. The molecular weight excluding hydrogens is 434 g/mol. The van der Waals surface area contributed by atoms with Gasteiger partial charge in [0.25, 0.3) is 5.91 Å². The summed E-state index contributed by atoms with van der Waals surface area (Å²) in [5.41, 5.74) is 1.63. The van der Waals surface area contributed by atoms with Gasteiger partial charge in [-0.05, 0) is 42.8 Å². The van der Waals surface area contributed by atoms with Gasteiger partial charge in [-0.2, -0.15) is 4.31 Å². The highest BCUT2D eigenvalue weighted by atomic mass is 32.2. The van der Waals surface area contributed by atoms with E-state index in [1.165, 1.54) is 17.5 Å². The van der Waals surface area contributed by atoms with Crippen LogP contribution in [-0.2, 0) is 19.5 Å². The van der Waals surface area contributed by atoms with Gasteiger partial charge < -0.3 is 14.8 Å². The number of benzene rings is 2. The predicted octanol–water partition coefficient (Wildman–Crippen LogP) is 3.47. The zero-order valence-corrected chi connectivity index (χ0v) is 19.5. The first-order chi connectivity index (χ1) is 15.2. The molecule has 9 nitrogen and oxygen atoms in total. The lowest BCUT2D eigenvalue weighted by atomic mass is 10.1. The third-order valence-electron chi connectivity index (χ3n) is 4.66. The molecule has 0 aliphatic rings. The number of hydrogen-bond donors (Lipinski definition) is 2. The lowest BCUT2D eigenvalue weighted by Gasteiger charge is -2.20. The zero-order chi connectivity index (χ0) is 23.7. The smallest absolute Gasteiger partial charge is 0.411 e. The third kappa shape index (κ3) is 6.52. The largest absolute Gasteiger partial charge is 0.447 e. The Morgan fingerprint density at radius 2 is 1.62 bits per heavy atom. The van der Waals surface area contributed by atoms with Gasteiger partial charge in [-0.25, -0.2) is 13.2 Å². The minimum atomic E-state index is -3.71. The van der Waals surface area contributed by atoms with E-state index >= 15 is 0 Å². The van der Waals surface area contributed by atoms with E-state index in [1.54, 1.807) is 57.2 Å². The molecule has 0 spiro atoms. The number of anilines is 2. The number of nitrogens with one attached hydrogen (secondary N) is 2. The Morgan fingerprint density at radius 1 is 0.969 bits per heavy atom. The maximum atomic E-state index is 12.9. The predicted molar refractivity (Wildman–Crippen MR) is 123 cm³/mol. The van der Waals surface area contributed by atoms with E-state index in [0.29, 0.717) is 30.0 Å². The average molecular weight is 464 g/mol. The summed E-state index contributed by atoms with van der Waals surface area (Å²) in [4.78, 5) is 24.6. The second-order valence-electron chi connectivity index (χ2n) is 6.86. The van der Waals surface area contributed by atoms with E-state index in [1.807, 2.05) is 0 Å². The van der Waals surface area contributed by atoms with Gasteiger partial charge in [-0.3, -0.25) is 10.1 Å². The Kier molecular flexibility index (Phi) is 9.18. The van der Waals surface area contributed by atoms with Crippen molar-refractivity contribution < 1.29 is 27.5 Å². The van der Waals surface area contributed by atoms with Crippen LogP contribution in [0.1, 0.15) is 29.8 Å². The SMILES string of the molecule is CCN(CC)S(=O)(=O)c1cc(C(=O)Nc2cccc(NC(=O)OCCOC)c2)ccc1C. The summed E-state index contributed by atoms with van der Waals surface area (Å²) in [6.07, 6.45) is -0.643.